The summed E-state index contributed by atoms with van der Waals surface area (Å²) in [6.45, 7) is 0. The molecule has 2 nitrogen and oxygen atoms in total. The number of halogens is 2. The van der Waals surface area contributed by atoms with Crippen LogP contribution in [0.15, 0.2) is 30.4 Å². The van der Waals surface area contributed by atoms with E-state index in [1.807, 2.05) is 6.08 Å². The summed E-state index contributed by atoms with van der Waals surface area (Å²) in [4.78, 5) is 24.3. The van der Waals surface area contributed by atoms with Crippen molar-refractivity contribution in [3.8, 4) is 0 Å². The summed E-state index contributed by atoms with van der Waals surface area (Å²) in [7, 11) is 0. The summed E-state index contributed by atoms with van der Waals surface area (Å²) < 4.78 is 0. The summed E-state index contributed by atoms with van der Waals surface area (Å²) in [5, 5.41) is 1.05. The van der Waals surface area contributed by atoms with Gasteiger partial charge in [-0.3, -0.25) is 9.59 Å². The molecule has 98 valence electrons. The van der Waals surface area contributed by atoms with Gasteiger partial charge in [0.25, 0.3) is 0 Å². The summed E-state index contributed by atoms with van der Waals surface area (Å²) >= 11 is 12.0. The Morgan fingerprint density at radius 3 is 2.63 bits per heavy atom. The Hall–Kier alpha value is -1.12. The molecule has 0 bridgehead atoms. The molecule has 0 radical (unpaired) electrons. The molecule has 3 unspecified atom stereocenters. The van der Waals surface area contributed by atoms with Gasteiger partial charge in [-0.2, -0.15) is 0 Å². The highest BCUT2D eigenvalue weighted by molar-refractivity contribution is 6.35. The van der Waals surface area contributed by atoms with Gasteiger partial charge >= 0.3 is 0 Å². The lowest BCUT2D eigenvalue weighted by Crippen LogP contribution is -2.26. The van der Waals surface area contributed by atoms with Gasteiger partial charge in [0.15, 0.2) is 11.6 Å². The van der Waals surface area contributed by atoms with Crippen molar-refractivity contribution in [2.75, 3.05) is 0 Å². The molecule has 2 aliphatic carbocycles. The fourth-order valence-corrected chi connectivity index (χ4v) is 3.68. The fraction of sp³-hybridized carbons (Fsp3) is 0.333. The highest BCUT2D eigenvalue weighted by Gasteiger charge is 2.46. The molecule has 4 heteroatoms. The monoisotopic (exact) mass is 294 g/mol. The van der Waals surface area contributed by atoms with Crippen molar-refractivity contribution in [1.29, 1.82) is 0 Å². The van der Waals surface area contributed by atoms with Crippen molar-refractivity contribution in [2.45, 2.75) is 18.8 Å². The fourth-order valence-electron chi connectivity index (χ4n) is 3.14. The second-order valence-electron chi connectivity index (χ2n) is 5.13. The predicted molar refractivity (Wildman–Crippen MR) is 74.6 cm³/mol. The number of fused-ring (bicyclic) bond motifs is 1. The van der Waals surface area contributed by atoms with Crippen LogP contribution < -0.4 is 0 Å². The van der Waals surface area contributed by atoms with Gasteiger partial charge in [-0.15, -0.1) is 0 Å². The maximum atomic E-state index is 12.4. The molecule has 0 aliphatic heterocycles. The minimum absolute atomic E-state index is 0.00331. The van der Waals surface area contributed by atoms with Crippen molar-refractivity contribution in [3.05, 3.63) is 46.0 Å². The number of hydrogen-bond donors (Lipinski definition) is 0. The molecule has 0 N–H and O–H groups in total. The molecule has 1 aromatic rings. The lowest BCUT2D eigenvalue weighted by atomic mass is 9.85. The smallest absolute Gasteiger partial charge is 0.166 e. The van der Waals surface area contributed by atoms with Crippen LogP contribution in [-0.4, -0.2) is 11.6 Å². The van der Waals surface area contributed by atoms with E-state index in [2.05, 4.69) is 0 Å². The molecule has 0 spiro atoms. The Balaban J connectivity index is 1.96. The van der Waals surface area contributed by atoms with Crippen LogP contribution in [0.25, 0.3) is 0 Å². The highest BCUT2D eigenvalue weighted by atomic mass is 35.5. The zero-order valence-electron chi connectivity index (χ0n) is 10.1. The third kappa shape index (κ3) is 2.13. The van der Waals surface area contributed by atoms with E-state index in [0.717, 1.165) is 12.0 Å². The van der Waals surface area contributed by atoms with Crippen LogP contribution >= 0.6 is 23.2 Å². The van der Waals surface area contributed by atoms with Crippen LogP contribution in [0.4, 0.5) is 0 Å². The Kier molecular flexibility index (Phi) is 3.23. The summed E-state index contributed by atoms with van der Waals surface area (Å²) in [6, 6.07) is 5.17. The van der Waals surface area contributed by atoms with Gasteiger partial charge < -0.3 is 0 Å². The number of allylic oxidation sites excluding steroid dienone is 2. The number of Topliss-reactive ketones (excluding diaryl/α,β-unsaturated/α-hetero) is 1. The van der Waals surface area contributed by atoms with E-state index in [1.54, 1.807) is 18.2 Å². The van der Waals surface area contributed by atoms with Gasteiger partial charge in [0, 0.05) is 16.0 Å². The molecule has 0 amide bonds. The third-order valence-corrected chi connectivity index (χ3v) is 4.59. The van der Waals surface area contributed by atoms with Gasteiger partial charge in [-0.1, -0.05) is 35.3 Å². The van der Waals surface area contributed by atoms with Crippen molar-refractivity contribution < 1.29 is 9.59 Å². The van der Waals surface area contributed by atoms with E-state index >= 15 is 0 Å². The third-order valence-electron chi connectivity index (χ3n) is 4.03. The largest absolute Gasteiger partial charge is 0.298 e. The highest BCUT2D eigenvalue weighted by Crippen LogP contribution is 2.45. The lowest BCUT2D eigenvalue weighted by Gasteiger charge is -2.17. The average molecular weight is 295 g/mol. The first-order chi connectivity index (χ1) is 9.08. The van der Waals surface area contributed by atoms with Crippen LogP contribution in [0.5, 0.6) is 0 Å². The van der Waals surface area contributed by atoms with Gasteiger partial charge in [0.1, 0.15) is 0 Å². The van der Waals surface area contributed by atoms with Crippen molar-refractivity contribution in [3.63, 3.8) is 0 Å². The maximum Gasteiger partial charge on any atom is 0.166 e. The normalized spacial score (nSPS) is 29.7. The predicted octanol–water partition coefficient (Wildman–Crippen LogP) is 3.81. The average Bonchev–Trinajstić information content (AvgIpc) is 2.68. The molecular formula is C15H12Cl2O2. The molecule has 3 atom stereocenters. The van der Waals surface area contributed by atoms with Gasteiger partial charge in [0.2, 0.25) is 0 Å². The molecule has 0 saturated heterocycles. The Morgan fingerprint density at radius 1 is 1.16 bits per heavy atom. The van der Waals surface area contributed by atoms with Crippen LogP contribution in [-0.2, 0) is 9.59 Å². The van der Waals surface area contributed by atoms with Crippen LogP contribution in [0.2, 0.25) is 10.0 Å². The molecular weight excluding hydrogens is 283 g/mol. The zero-order chi connectivity index (χ0) is 13.6. The molecule has 3 rings (SSSR count). The number of carbonyl (C=O) groups is 2. The Bertz CT molecular complexity index is 592. The number of ketones is 2. The maximum absolute atomic E-state index is 12.4. The van der Waals surface area contributed by atoms with E-state index < -0.39 is 5.92 Å². The zero-order valence-corrected chi connectivity index (χ0v) is 11.6. The SMILES string of the molecule is O=C1C=CCC2CC(c3ccc(Cl)cc3Cl)C(=O)C12. The number of hydrogen-bond acceptors (Lipinski definition) is 2. The van der Waals surface area contributed by atoms with E-state index in [1.165, 1.54) is 6.08 Å². The van der Waals surface area contributed by atoms with Crippen molar-refractivity contribution in [2.24, 2.45) is 11.8 Å². The quantitative estimate of drug-likeness (QED) is 0.738. The number of carbonyl (C=O) groups excluding carboxylic acids is 2. The van der Waals surface area contributed by atoms with E-state index in [4.69, 9.17) is 23.2 Å². The number of benzene rings is 1. The minimum atomic E-state index is -0.471. The standard InChI is InChI=1S/C15H12Cl2O2/c16-9-4-5-10(12(17)7-9)11-6-8-2-1-3-13(18)14(8)15(11)19/h1,3-5,7-8,11,14H,2,6H2. The Morgan fingerprint density at radius 2 is 1.95 bits per heavy atom. The molecule has 1 saturated carbocycles. The lowest BCUT2D eigenvalue weighted by molar-refractivity contribution is -0.130. The van der Waals surface area contributed by atoms with Crippen LogP contribution in [0, 0.1) is 11.8 Å². The topological polar surface area (TPSA) is 34.1 Å². The molecule has 1 fully saturated rings. The van der Waals surface area contributed by atoms with Crippen LogP contribution in [0.1, 0.15) is 24.3 Å². The first-order valence-electron chi connectivity index (χ1n) is 6.27. The van der Waals surface area contributed by atoms with E-state index in [9.17, 15) is 9.59 Å². The second kappa shape index (κ2) is 4.77. The molecule has 19 heavy (non-hydrogen) atoms. The minimum Gasteiger partial charge on any atom is -0.298 e. The first-order valence-corrected chi connectivity index (χ1v) is 7.02. The van der Waals surface area contributed by atoms with Gasteiger partial charge in [0.05, 0.1) is 5.92 Å². The van der Waals surface area contributed by atoms with Gasteiger partial charge in [-0.25, -0.2) is 0 Å². The molecule has 2 aliphatic rings. The van der Waals surface area contributed by atoms with E-state index in [-0.39, 0.29) is 23.4 Å². The Labute approximate surface area is 121 Å². The van der Waals surface area contributed by atoms with Crippen molar-refractivity contribution >= 4 is 34.8 Å². The first kappa shape index (κ1) is 12.9. The summed E-state index contributed by atoms with van der Waals surface area (Å²) in [5.74, 6) is -0.676. The van der Waals surface area contributed by atoms with E-state index in [0.29, 0.717) is 16.5 Å². The van der Waals surface area contributed by atoms with Crippen LogP contribution in [0.3, 0.4) is 0 Å². The summed E-state index contributed by atoms with van der Waals surface area (Å²) in [6.07, 6.45) is 4.89. The molecule has 0 aromatic heterocycles. The second-order valence-corrected chi connectivity index (χ2v) is 5.98. The summed E-state index contributed by atoms with van der Waals surface area (Å²) in [5.41, 5.74) is 0.790. The molecule has 0 heterocycles. The molecule has 1 aromatic carbocycles. The number of rotatable bonds is 1. The van der Waals surface area contributed by atoms with Gasteiger partial charge in [-0.05, 0) is 42.5 Å². The van der Waals surface area contributed by atoms with Crippen molar-refractivity contribution in [1.82, 2.24) is 0 Å².